The predicted octanol–water partition coefficient (Wildman–Crippen LogP) is 4.30. The normalized spacial score (nSPS) is 20.7. The van der Waals surface area contributed by atoms with Crippen LogP contribution in [-0.4, -0.2) is 37.6 Å². The highest BCUT2D eigenvalue weighted by atomic mass is 15.1. The number of likely N-dealkylation sites (tertiary alicyclic amines) is 1. The molecule has 1 atom stereocenters. The first kappa shape index (κ1) is 18.0. The molecule has 1 heterocycles. The molecule has 0 spiro atoms. The van der Waals surface area contributed by atoms with Crippen molar-refractivity contribution >= 4 is 0 Å². The second kappa shape index (κ2) is 11.6. The van der Waals surface area contributed by atoms with Crippen LogP contribution >= 0.6 is 0 Å². The van der Waals surface area contributed by atoms with Crippen LogP contribution in [0, 0.1) is 11.8 Å². The van der Waals surface area contributed by atoms with Gasteiger partial charge in [-0.15, -0.1) is 0 Å². The molecule has 2 nitrogen and oxygen atoms in total. The summed E-state index contributed by atoms with van der Waals surface area (Å²) < 4.78 is 0. The molecule has 1 fully saturated rings. The van der Waals surface area contributed by atoms with Crippen molar-refractivity contribution in [2.24, 2.45) is 11.8 Å². The van der Waals surface area contributed by atoms with Crippen molar-refractivity contribution in [3.05, 3.63) is 0 Å². The summed E-state index contributed by atoms with van der Waals surface area (Å²) in [7, 11) is 0. The van der Waals surface area contributed by atoms with Crippen molar-refractivity contribution in [2.45, 2.75) is 72.1 Å². The molecule has 20 heavy (non-hydrogen) atoms. The Morgan fingerprint density at radius 3 is 2.60 bits per heavy atom. The summed E-state index contributed by atoms with van der Waals surface area (Å²) in [6, 6.07) is 0. The highest BCUT2D eigenvalue weighted by molar-refractivity contribution is 4.74. The standard InChI is InChI=1S/C18H38N2/c1-4-5-6-7-8-9-12-20-13-10-11-18(16-20)15-19-14-17(2)3/h17-19H,4-16H2,1-3H3. The van der Waals surface area contributed by atoms with Gasteiger partial charge in [0.2, 0.25) is 0 Å². The fourth-order valence-electron chi connectivity index (χ4n) is 3.21. The summed E-state index contributed by atoms with van der Waals surface area (Å²) in [6.45, 7) is 13.3. The van der Waals surface area contributed by atoms with E-state index in [0.717, 1.165) is 11.8 Å². The Morgan fingerprint density at radius 2 is 1.85 bits per heavy atom. The van der Waals surface area contributed by atoms with Gasteiger partial charge in [0.15, 0.2) is 0 Å². The van der Waals surface area contributed by atoms with Gasteiger partial charge in [0, 0.05) is 6.54 Å². The lowest BCUT2D eigenvalue weighted by molar-refractivity contribution is 0.169. The summed E-state index contributed by atoms with van der Waals surface area (Å²) in [5.41, 5.74) is 0. The average molecular weight is 283 g/mol. The van der Waals surface area contributed by atoms with Gasteiger partial charge < -0.3 is 10.2 Å². The van der Waals surface area contributed by atoms with Gasteiger partial charge in [-0.25, -0.2) is 0 Å². The summed E-state index contributed by atoms with van der Waals surface area (Å²) >= 11 is 0. The zero-order valence-corrected chi connectivity index (χ0v) is 14.3. The van der Waals surface area contributed by atoms with Gasteiger partial charge in [0.05, 0.1) is 0 Å². The Labute approximate surface area is 127 Å². The summed E-state index contributed by atoms with van der Waals surface area (Å²) in [5.74, 6) is 1.67. The minimum absolute atomic E-state index is 0.776. The van der Waals surface area contributed by atoms with E-state index < -0.39 is 0 Å². The van der Waals surface area contributed by atoms with E-state index in [1.165, 1.54) is 84.1 Å². The molecule has 1 rings (SSSR count). The molecule has 0 saturated carbocycles. The largest absolute Gasteiger partial charge is 0.316 e. The predicted molar refractivity (Wildman–Crippen MR) is 90.2 cm³/mol. The number of hydrogen-bond acceptors (Lipinski definition) is 2. The molecule has 0 aromatic heterocycles. The lowest BCUT2D eigenvalue weighted by Crippen LogP contribution is -2.40. The van der Waals surface area contributed by atoms with Crippen LogP contribution in [0.1, 0.15) is 72.1 Å². The van der Waals surface area contributed by atoms with Crippen molar-refractivity contribution in [3.63, 3.8) is 0 Å². The van der Waals surface area contributed by atoms with Gasteiger partial charge in [0.25, 0.3) is 0 Å². The number of nitrogens with one attached hydrogen (secondary N) is 1. The molecule has 2 heteroatoms. The number of rotatable bonds is 11. The van der Waals surface area contributed by atoms with Crippen LogP contribution in [0.15, 0.2) is 0 Å². The monoisotopic (exact) mass is 282 g/mol. The Hall–Kier alpha value is -0.0800. The number of nitrogens with zero attached hydrogens (tertiary/aromatic N) is 1. The molecule has 1 aliphatic rings. The molecule has 120 valence electrons. The van der Waals surface area contributed by atoms with E-state index in [9.17, 15) is 0 Å². The minimum atomic E-state index is 0.776. The van der Waals surface area contributed by atoms with E-state index in [1.54, 1.807) is 0 Å². The van der Waals surface area contributed by atoms with E-state index in [4.69, 9.17) is 0 Å². The maximum atomic E-state index is 3.64. The van der Waals surface area contributed by atoms with Crippen molar-refractivity contribution < 1.29 is 0 Å². The van der Waals surface area contributed by atoms with Crippen LogP contribution in [0.2, 0.25) is 0 Å². The average Bonchev–Trinajstić information content (AvgIpc) is 2.43. The lowest BCUT2D eigenvalue weighted by Gasteiger charge is -2.33. The Morgan fingerprint density at radius 1 is 1.10 bits per heavy atom. The number of unbranched alkanes of at least 4 members (excludes halogenated alkanes) is 5. The van der Waals surface area contributed by atoms with Gasteiger partial charge >= 0.3 is 0 Å². The van der Waals surface area contributed by atoms with Crippen molar-refractivity contribution in [1.29, 1.82) is 0 Å². The molecule has 0 aromatic rings. The third-order valence-corrected chi connectivity index (χ3v) is 4.42. The molecule has 1 saturated heterocycles. The molecular formula is C18H38N2. The maximum absolute atomic E-state index is 3.64. The van der Waals surface area contributed by atoms with E-state index in [0.29, 0.717) is 0 Å². The van der Waals surface area contributed by atoms with E-state index in [2.05, 4.69) is 31.0 Å². The minimum Gasteiger partial charge on any atom is -0.316 e. The van der Waals surface area contributed by atoms with Crippen molar-refractivity contribution in [2.75, 3.05) is 32.7 Å². The summed E-state index contributed by atoms with van der Waals surface area (Å²) in [4.78, 5) is 2.71. The van der Waals surface area contributed by atoms with E-state index in [1.807, 2.05) is 0 Å². The highest BCUT2D eigenvalue weighted by Crippen LogP contribution is 2.16. The van der Waals surface area contributed by atoms with E-state index >= 15 is 0 Å². The van der Waals surface area contributed by atoms with Gasteiger partial charge in [-0.2, -0.15) is 0 Å². The Kier molecular flexibility index (Phi) is 10.4. The third-order valence-electron chi connectivity index (χ3n) is 4.42. The van der Waals surface area contributed by atoms with E-state index in [-0.39, 0.29) is 0 Å². The number of hydrogen-bond donors (Lipinski definition) is 1. The fourth-order valence-corrected chi connectivity index (χ4v) is 3.21. The highest BCUT2D eigenvalue weighted by Gasteiger charge is 2.18. The third kappa shape index (κ3) is 8.97. The first-order valence-corrected chi connectivity index (χ1v) is 9.15. The summed E-state index contributed by atoms with van der Waals surface area (Å²) in [6.07, 6.45) is 11.4. The molecule has 0 aromatic carbocycles. The van der Waals surface area contributed by atoms with Crippen LogP contribution in [0.3, 0.4) is 0 Å². The van der Waals surface area contributed by atoms with Crippen molar-refractivity contribution in [3.8, 4) is 0 Å². The SMILES string of the molecule is CCCCCCCCN1CCCC(CNCC(C)C)C1. The van der Waals surface area contributed by atoms with Gasteiger partial charge in [0.1, 0.15) is 0 Å². The van der Waals surface area contributed by atoms with Crippen LogP contribution in [-0.2, 0) is 0 Å². The first-order valence-electron chi connectivity index (χ1n) is 9.15. The van der Waals surface area contributed by atoms with Crippen LogP contribution in [0.4, 0.5) is 0 Å². The molecule has 0 bridgehead atoms. The summed E-state index contributed by atoms with van der Waals surface area (Å²) in [5, 5.41) is 3.64. The van der Waals surface area contributed by atoms with Crippen LogP contribution in [0.5, 0.6) is 0 Å². The molecule has 0 amide bonds. The second-order valence-electron chi connectivity index (χ2n) is 7.13. The molecule has 0 radical (unpaired) electrons. The molecular weight excluding hydrogens is 244 g/mol. The molecule has 1 unspecified atom stereocenters. The fraction of sp³-hybridized carbons (Fsp3) is 1.00. The smallest absolute Gasteiger partial charge is 0.00218 e. The Balaban J connectivity index is 2.02. The molecule has 1 aliphatic heterocycles. The zero-order valence-electron chi connectivity index (χ0n) is 14.3. The second-order valence-corrected chi connectivity index (χ2v) is 7.13. The van der Waals surface area contributed by atoms with Gasteiger partial charge in [-0.1, -0.05) is 52.9 Å². The van der Waals surface area contributed by atoms with Crippen LogP contribution in [0.25, 0.3) is 0 Å². The topological polar surface area (TPSA) is 15.3 Å². The van der Waals surface area contributed by atoms with Gasteiger partial charge in [-0.3, -0.25) is 0 Å². The lowest BCUT2D eigenvalue weighted by atomic mass is 9.97. The molecule has 0 aliphatic carbocycles. The quantitative estimate of drug-likeness (QED) is 0.568. The Bertz CT molecular complexity index is 215. The first-order chi connectivity index (χ1) is 9.72. The van der Waals surface area contributed by atoms with Crippen molar-refractivity contribution in [1.82, 2.24) is 10.2 Å². The zero-order chi connectivity index (χ0) is 14.6. The maximum Gasteiger partial charge on any atom is 0.00218 e. The number of piperidine rings is 1. The van der Waals surface area contributed by atoms with Crippen LogP contribution < -0.4 is 5.32 Å². The molecule has 1 N–H and O–H groups in total. The van der Waals surface area contributed by atoms with Gasteiger partial charge in [-0.05, 0) is 57.3 Å².